The lowest BCUT2D eigenvalue weighted by molar-refractivity contribution is 0.602. The molecule has 0 heterocycles. The molecule has 0 unspecified atom stereocenters. The van der Waals surface area contributed by atoms with E-state index in [4.69, 9.17) is 23.2 Å². The molecule has 6 heteroatoms. The molecular weight excluding hydrogens is 281 g/mol. The van der Waals surface area contributed by atoms with Crippen molar-refractivity contribution in [2.45, 2.75) is 17.4 Å². The highest BCUT2D eigenvalue weighted by molar-refractivity contribution is 7.90. The van der Waals surface area contributed by atoms with Crippen LogP contribution in [0.2, 0.25) is 0 Å². The number of alkyl halides is 2. The first kappa shape index (κ1) is 14.6. The summed E-state index contributed by atoms with van der Waals surface area (Å²) in [6.45, 7) is 1.90. The number of benzene rings is 1. The van der Waals surface area contributed by atoms with Crippen molar-refractivity contribution in [1.82, 2.24) is 0 Å². The molecule has 3 nitrogen and oxygen atoms in total. The summed E-state index contributed by atoms with van der Waals surface area (Å²) in [5.41, 5.74) is 0.386. The second kappa shape index (κ2) is 5.46. The first-order valence-corrected chi connectivity index (χ1v) is 7.97. The maximum Gasteiger partial charge on any atom is 0.175 e. The molecule has 0 fully saturated rings. The summed E-state index contributed by atoms with van der Waals surface area (Å²) in [5.74, 6) is 0.731. The van der Waals surface area contributed by atoms with E-state index in [0.717, 1.165) is 5.69 Å². The van der Waals surface area contributed by atoms with Crippen molar-refractivity contribution in [2.24, 2.45) is 0 Å². The average molecular weight is 296 g/mol. The van der Waals surface area contributed by atoms with Crippen molar-refractivity contribution in [3.05, 3.63) is 24.3 Å². The molecule has 0 aromatic heterocycles. The van der Waals surface area contributed by atoms with Crippen molar-refractivity contribution in [3.63, 3.8) is 0 Å². The Morgan fingerprint density at radius 2 is 1.65 bits per heavy atom. The van der Waals surface area contributed by atoms with Crippen molar-refractivity contribution >= 4 is 38.7 Å². The summed E-state index contributed by atoms with van der Waals surface area (Å²) >= 11 is 11.6. The van der Waals surface area contributed by atoms with E-state index in [-0.39, 0.29) is 0 Å². The maximum absolute atomic E-state index is 11.3. The Balaban J connectivity index is 2.89. The van der Waals surface area contributed by atoms with Gasteiger partial charge in [0.2, 0.25) is 0 Å². The SMILES string of the molecule is CC(CCl)(CCl)Nc1ccc(S(C)(=O)=O)cc1. The molecule has 1 aromatic rings. The summed E-state index contributed by atoms with van der Waals surface area (Å²) in [7, 11) is -3.15. The third-order valence-electron chi connectivity index (χ3n) is 2.32. The van der Waals surface area contributed by atoms with Gasteiger partial charge < -0.3 is 5.32 Å². The molecule has 1 N–H and O–H groups in total. The van der Waals surface area contributed by atoms with Crippen molar-refractivity contribution in [3.8, 4) is 0 Å². The third-order valence-corrected chi connectivity index (χ3v) is 4.63. The minimum atomic E-state index is -3.15. The van der Waals surface area contributed by atoms with Gasteiger partial charge in [0, 0.05) is 23.7 Å². The average Bonchev–Trinajstić information content (AvgIpc) is 2.28. The van der Waals surface area contributed by atoms with Crippen molar-refractivity contribution < 1.29 is 8.42 Å². The fourth-order valence-electron chi connectivity index (χ4n) is 1.24. The molecule has 0 aliphatic carbocycles. The second-order valence-electron chi connectivity index (χ2n) is 4.25. The Labute approximate surface area is 112 Å². The van der Waals surface area contributed by atoms with Gasteiger partial charge in [0.25, 0.3) is 0 Å². The zero-order valence-electron chi connectivity index (χ0n) is 9.70. The molecule has 0 spiro atoms. The third kappa shape index (κ3) is 4.05. The first-order valence-electron chi connectivity index (χ1n) is 5.01. The number of hydrogen-bond acceptors (Lipinski definition) is 3. The zero-order valence-corrected chi connectivity index (χ0v) is 12.0. The maximum atomic E-state index is 11.3. The molecule has 0 atom stereocenters. The Morgan fingerprint density at radius 1 is 1.18 bits per heavy atom. The largest absolute Gasteiger partial charge is 0.377 e. The van der Waals surface area contributed by atoms with Crippen LogP contribution in [-0.2, 0) is 9.84 Å². The van der Waals surface area contributed by atoms with Gasteiger partial charge in [-0.1, -0.05) is 0 Å². The monoisotopic (exact) mass is 295 g/mol. The Morgan fingerprint density at radius 3 is 2.00 bits per heavy atom. The summed E-state index contributed by atoms with van der Waals surface area (Å²) < 4.78 is 22.6. The first-order chi connectivity index (χ1) is 7.80. The van der Waals surface area contributed by atoms with Crippen LogP contribution in [0.1, 0.15) is 6.92 Å². The predicted molar refractivity (Wildman–Crippen MR) is 73.0 cm³/mol. The van der Waals surface area contributed by atoms with E-state index in [2.05, 4.69) is 5.32 Å². The number of halogens is 2. The molecule has 0 saturated heterocycles. The number of hydrogen-bond donors (Lipinski definition) is 1. The van der Waals surface area contributed by atoms with Crippen LogP contribution in [0.3, 0.4) is 0 Å². The fourth-order valence-corrected chi connectivity index (χ4v) is 2.29. The molecule has 1 aromatic carbocycles. The van der Waals surface area contributed by atoms with Gasteiger partial charge in [-0.15, -0.1) is 23.2 Å². The molecule has 0 aliphatic rings. The van der Waals surface area contributed by atoms with Gasteiger partial charge in [0.1, 0.15) is 0 Å². The normalized spacial score (nSPS) is 12.5. The molecule has 96 valence electrons. The zero-order chi connectivity index (χ0) is 13.1. The molecule has 0 saturated carbocycles. The van der Waals surface area contributed by atoms with Gasteiger partial charge in [-0.25, -0.2) is 8.42 Å². The van der Waals surface area contributed by atoms with E-state index in [0.29, 0.717) is 16.7 Å². The van der Waals surface area contributed by atoms with Crippen molar-refractivity contribution in [2.75, 3.05) is 23.3 Å². The van der Waals surface area contributed by atoms with E-state index in [1.54, 1.807) is 24.3 Å². The van der Waals surface area contributed by atoms with E-state index in [1.165, 1.54) is 6.26 Å². The number of sulfone groups is 1. The van der Waals surface area contributed by atoms with Gasteiger partial charge in [-0.3, -0.25) is 0 Å². The van der Waals surface area contributed by atoms with Crippen LogP contribution in [-0.4, -0.2) is 32.0 Å². The fraction of sp³-hybridized carbons (Fsp3) is 0.455. The number of anilines is 1. The van der Waals surface area contributed by atoms with Crippen LogP contribution in [0, 0.1) is 0 Å². The summed E-state index contributed by atoms with van der Waals surface area (Å²) in [5, 5.41) is 3.17. The summed E-state index contributed by atoms with van der Waals surface area (Å²) in [6.07, 6.45) is 1.18. The molecule has 17 heavy (non-hydrogen) atoms. The van der Waals surface area contributed by atoms with Crippen LogP contribution >= 0.6 is 23.2 Å². The summed E-state index contributed by atoms with van der Waals surface area (Å²) in [4.78, 5) is 0.293. The lowest BCUT2D eigenvalue weighted by atomic mass is 10.1. The molecule has 0 radical (unpaired) electrons. The van der Waals surface area contributed by atoms with Gasteiger partial charge in [0.15, 0.2) is 9.84 Å². The van der Waals surface area contributed by atoms with E-state index in [9.17, 15) is 8.42 Å². The molecule has 0 amide bonds. The van der Waals surface area contributed by atoms with Crippen LogP contribution in [0.4, 0.5) is 5.69 Å². The van der Waals surface area contributed by atoms with Gasteiger partial charge >= 0.3 is 0 Å². The predicted octanol–water partition coefficient (Wildman–Crippen LogP) is 2.74. The summed E-state index contributed by atoms with van der Waals surface area (Å²) in [6, 6.07) is 6.52. The Kier molecular flexibility index (Phi) is 4.69. The van der Waals surface area contributed by atoms with Gasteiger partial charge in [0.05, 0.1) is 10.4 Å². The van der Waals surface area contributed by atoms with E-state index >= 15 is 0 Å². The Bertz CT molecular complexity index is 467. The van der Waals surface area contributed by atoms with Crippen LogP contribution in [0.5, 0.6) is 0 Å². The van der Waals surface area contributed by atoms with Crippen LogP contribution in [0.15, 0.2) is 29.2 Å². The van der Waals surface area contributed by atoms with E-state index in [1.807, 2.05) is 6.92 Å². The Hall–Kier alpha value is -0.450. The van der Waals surface area contributed by atoms with Crippen LogP contribution in [0.25, 0.3) is 0 Å². The number of rotatable bonds is 5. The van der Waals surface area contributed by atoms with Crippen LogP contribution < -0.4 is 5.32 Å². The van der Waals surface area contributed by atoms with Crippen molar-refractivity contribution in [1.29, 1.82) is 0 Å². The quantitative estimate of drug-likeness (QED) is 0.850. The second-order valence-corrected chi connectivity index (χ2v) is 6.80. The van der Waals surface area contributed by atoms with Gasteiger partial charge in [-0.2, -0.15) is 0 Å². The lowest BCUT2D eigenvalue weighted by Crippen LogP contribution is -2.38. The highest BCUT2D eigenvalue weighted by Gasteiger charge is 2.21. The van der Waals surface area contributed by atoms with Gasteiger partial charge in [-0.05, 0) is 31.2 Å². The standard InChI is InChI=1S/C11H15Cl2NO2S/c1-11(7-12,8-13)14-9-3-5-10(6-4-9)17(2,15)16/h3-6,14H,7-8H2,1-2H3. The molecular formula is C11H15Cl2NO2S. The highest BCUT2D eigenvalue weighted by Crippen LogP contribution is 2.20. The van der Waals surface area contributed by atoms with E-state index < -0.39 is 15.4 Å². The minimum absolute atomic E-state index is 0.293. The molecule has 1 rings (SSSR count). The highest BCUT2D eigenvalue weighted by atomic mass is 35.5. The smallest absolute Gasteiger partial charge is 0.175 e. The topological polar surface area (TPSA) is 46.2 Å². The minimum Gasteiger partial charge on any atom is -0.377 e. The lowest BCUT2D eigenvalue weighted by Gasteiger charge is -2.27. The molecule has 0 aliphatic heterocycles. The molecule has 0 bridgehead atoms. The number of nitrogens with one attached hydrogen (secondary N) is 1.